The normalized spacial score (nSPS) is 25.6. The van der Waals surface area contributed by atoms with Crippen LogP contribution in [0.3, 0.4) is 0 Å². The molecule has 1 unspecified atom stereocenters. The first kappa shape index (κ1) is 15.5. The van der Waals surface area contributed by atoms with E-state index in [9.17, 15) is 0 Å². The number of hydrogen-bond donors (Lipinski definition) is 1. The maximum absolute atomic E-state index is 5.83. The van der Waals surface area contributed by atoms with E-state index in [2.05, 4.69) is 62.2 Å². The summed E-state index contributed by atoms with van der Waals surface area (Å²) in [5, 5.41) is 3.63. The van der Waals surface area contributed by atoms with E-state index in [-0.39, 0.29) is 0 Å². The van der Waals surface area contributed by atoms with E-state index in [1.54, 1.807) is 0 Å². The van der Waals surface area contributed by atoms with E-state index >= 15 is 0 Å². The predicted molar refractivity (Wildman–Crippen MR) is 84.0 cm³/mol. The Morgan fingerprint density at radius 2 is 1.90 bits per heavy atom. The average Bonchev–Trinajstić information content (AvgIpc) is 2.37. The first-order valence-electron chi connectivity index (χ1n) is 7.76. The van der Waals surface area contributed by atoms with Crippen LogP contribution >= 0.6 is 0 Å². The van der Waals surface area contributed by atoms with Crippen molar-refractivity contribution in [3.63, 3.8) is 0 Å². The molecule has 3 atom stereocenters. The summed E-state index contributed by atoms with van der Waals surface area (Å²) in [6, 6.07) is 9.09. The Hall–Kier alpha value is -0.900. The maximum Gasteiger partial charge on any atom is 0.0678 e. The Labute approximate surface area is 123 Å². The molecule has 0 spiro atoms. The number of ether oxygens (including phenoxy) is 1. The lowest BCUT2D eigenvalue weighted by atomic mass is 10.00. The van der Waals surface area contributed by atoms with Gasteiger partial charge in [-0.2, -0.15) is 0 Å². The molecule has 112 valence electrons. The van der Waals surface area contributed by atoms with Gasteiger partial charge in [0.1, 0.15) is 0 Å². The molecule has 1 aromatic rings. The van der Waals surface area contributed by atoms with Crippen LogP contribution in [0.2, 0.25) is 0 Å². The second-order valence-corrected chi connectivity index (χ2v) is 5.94. The minimum absolute atomic E-state index is 0.331. The molecule has 1 saturated heterocycles. The third-order valence-corrected chi connectivity index (χ3v) is 3.95. The summed E-state index contributed by atoms with van der Waals surface area (Å²) in [5.41, 5.74) is 2.79. The van der Waals surface area contributed by atoms with Crippen molar-refractivity contribution in [1.29, 1.82) is 0 Å². The van der Waals surface area contributed by atoms with Crippen LogP contribution in [0.5, 0.6) is 0 Å². The van der Waals surface area contributed by atoms with Gasteiger partial charge in [-0.15, -0.1) is 0 Å². The molecule has 3 nitrogen and oxygen atoms in total. The number of nitrogens with one attached hydrogen (secondary N) is 1. The molecule has 0 amide bonds. The Kier molecular flexibility index (Phi) is 5.58. The summed E-state index contributed by atoms with van der Waals surface area (Å²) in [7, 11) is 0. The van der Waals surface area contributed by atoms with Gasteiger partial charge in [-0.05, 0) is 38.4 Å². The molecule has 2 rings (SSSR count). The number of rotatable bonds is 5. The van der Waals surface area contributed by atoms with Crippen LogP contribution in [0, 0.1) is 6.92 Å². The molecule has 1 heterocycles. The molecule has 0 radical (unpaired) electrons. The van der Waals surface area contributed by atoms with Gasteiger partial charge in [0.05, 0.1) is 12.2 Å². The number of hydrogen-bond acceptors (Lipinski definition) is 3. The largest absolute Gasteiger partial charge is 0.373 e. The number of benzene rings is 1. The van der Waals surface area contributed by atoms with Gasteiger partial charge in [0, 0.05) is 25.7 Å². The predicted octanol–water partition coefficient (Wildman–Crippen LogP) is 2.75. The lowest BCUT2D eigenvalue weighted by Gasteiger charge is -2.37. The number of morpholine rings is 1. The van der Waals surface area contributed by atoms with Gasteiger partial charge in [-0.3, -0.25) is 4.90 Å². The molecule has 1 aliphatic heterocycles. The van der Waals surface area contributed by atoms with Crippen LogP contribution in [-0.4, -0.2) is 43.3 Å². The summed E-state index contributed by atoms with van der Waals surface area (Å²) in [4.78, 5) is 2.53. The first-order chi connectivity index (χ1) is 9.60. The molecule has 1 N–H and O–H groups in total. The van der Waals surface area contributed by atoms with E-state index in [1.165, 1.54) is 11.1 Å². The standard InChI is InChI=1S/C17H28N2O/c1-5-18-17(16-9-7-6-8-13(16)2)12-19-10-14(3)20-15(4)11-19/h6-9,14-15,17-18H,5,10-12H2,1-4H3/t14-,15+,17?. The Bertz CT molecular complexity index is 411. The van der Waals surface area contributed by atoms with Crippen LogP contribution in [-0.2, 0) is 4.74 Å². The van der Waals surface area contributed by atoms with Crippen molar-refractivity contribution in [2.45, 2.75) is 45.9 Å². The Morgan fingerprint density at radius 3 is 2.50 bits per heavy atom. The highest BCUT2D eigenvalue weighted by Crippen LogP contribution is 2.20. The van der Waals surface area contributed by atoms with Crippen molar-refractivity contribution in [3.05, 3.63) is 35.4 Å². The van der Waals surface area contributed by atoms with Gasteiger partial charge in [0.15, 0.2) is 0 Å². The zero-order valence-electron chi connectivity index (χ0n) is 13.2. The highest BCUT2D eigenvalue weighted by molar-refractivity contribution is 5.29. The molecule has 1 fully saturated rings. The SMILES string of the molecule is CCNC(CN1C[C@@H](C)O[C@@H](C)C1)c1ccccc1C. The molecule has 0 saturated carbocycles. The van der Waals surface area contributed by atoms with Gasteiger partial charge >= 0.3 is 0 Å². The summed E-state index contributed by atoms with van der Waals surface area (Å²) < 4.78 is 5.83. The van der Waals surface area contributed by atoms with E-state index in [1.807, 2.05) is 0 Å². The van der Waals surface area contributed by atoms with Crippen LogP contribution < -0.4 is 5.32 Å². The monoisotopic (exact) mass is 276 g/mol. The van der Waals surface area contributed by atoms with Crippen LogP contribution in [0.25, 0.3) is 0 Å². The first-order valence-corrected chi connectivity index (χ1v) is 7.76. The molecule has 0 aromatic heterocycles. The van der Waals surface area contributed by atoms with Crippen molar-refractivity contribution in [3.8, 4) is 0 Å². The quantitative estimate of drug-likeness (QED) is 0.895. The summed E-state index contributed by atoms with van der Waals surface area (Å²) in [6.45, 7) is 12.8. The maximum atomic E-state index is 5.83. The second kappa shape index (κ2) is 7.21. The molecular weight excluding hydrogens is 248 g/mol. The van der Waals surface area contributed by atoms with Crippen LogP contribution in [0.4, 0.5) is 0 Å². The van der Waals surface area contributed by atoms with E-state index < -0.39 is 0 Å². The van der Waals surface area contributed by atoms with Gasteiger partial charge < -0.3 is 10.1 Å². The fourth-order valence-electron chi connectivity index (χ4n) is 3.19. The third-order valence-electron chi connectivity index (χ3n) is 3.95. The van der Waals surface area contributed by atoms with Gasteiger partial charge in [0.25, 0.3) is 0 Å². The van der Waals surface area contributed by atoms with Crippen molar-refractivity contribution in [1.82, 2.24) is 10.2 Å². The summed E-state index contributed by atoms with van der Waals surface area (Å²) in [5.74, 6) is 0. The second-order valence-electron chi connectivity index (χ2n) is 5.94. The topological polar surface area (TPSA) is 24.5 Å². The number of aryl methyl sites for hydroxylation is 1. The molecule has 0 aliphatic carbocycles. The fourth-order valence-corrected chi connectivity index (χ4v) is 3.19. The summed E-state index contributed by atoms with van der Waals surface area (Å²) in [6.07, 6.45) is 0.663. The van der Waals surface area contributed by atoms with Gasteiger partial charge in [-0.1, -0.05) is 31.2 Å². The molecule has 3 heteroatoms. The van der Waals surface area contributed by atoms with Crippen molar-refractivity contribution in [2.24, 2.45) is 0 Å². The highest BCUT2D eigenvalue weighted by atomic mass is 16.5. The number of nitrogens with zero attached hydrogens (tertiary/aromatic N) is 1. The molecule has 1 aromatic carbocycles. The van der Waals surface area contributed by atoms with Crippen molar-refractivity contribution < 1.29 is 4.74 Å². The van der Waals surface area contributed by atoms with Crippen molar-refractivity contribution >= 4 is 0 Å². The highest BCUT2D eigenvalue weighted by Gasteiger charge is 2.25. The van der Waals surface area contributed by atoms with E-state index in [0.29, 0.717) is 18.2 Å². The summed E-state index contributed by atoms with van der Waals surface area (Å²) >= 11 is 0. The Balaban J connectivity index is 2.07. The third kappa shape index (κ3) is 4.05. The fraction of sp³-hybridized carbons (Fsp3) is 0.647. The molecule has 20 heavy (non-hydrogen) atoms. The molecule has 1 aliphatic rings. The van der Waals surface area contributed by atoms with Crippen LogP contribution in [0.15, 0.2) is 24.3 Å². The minimum atomic E-state index is 0.331. The minimum Gasteiger partial charge on any atom is -0.373 e. The van der Waals surface area contributed by atoms with Crippen molar-refractivity contribution in [2.75, 3.05) is 26.2 Å². The van der Waals surface area contributed by atoms with Crippen LogP contribution in [0.1, 0.15) is 37.9 Å². The molecular formula is C17H28N2O. The number of likely N-dealkylation sites (N-methyl/N-ethyl adjacent to an activating group) is 1. The van der Waals surface area contributed by atoms with E-state index in [4.69, 9.17) is 4.74 Å². The molecule has 0 bridgehead atoms. The Morgan fingerprint density at radius 1 is 1.25 bits per heavy atom. The lowest BCUT2D eigenvalue weighted by Crippen LogP contribution is -2.48. The van der Waals surface area contributed by atoms with Gasteiger partial charge in [-0.25, -0.2) is 0 Å². The zero-order valence-corrected chi connectivity index (χ0v) is 13.2. The lowest BCUT2D eigenvalue weighted by molar-refractivity contribution is -0.0699. The smallest absolute Gasteiger partial charge is 0.0678 e. The average molecular weight is 276 g/mol. The van der Waals surface area contributed by atoms with Gasteiger partial charge in [0.2, 0.25) is 0 Å². The van der Waals surface area contributed by atoms with E-state index in [0.717, 1.165) is 26.2 Å². The zero-order chi connectivity index (χ0) is 14.5.